The van der Waals surface area contributed by atoms with Crippen LogP contribution in [0, 0.1) is 23.7 Å². The molecule has 2 amide bonds. The third-order valence-corrected chi connectivity index (χ3v) is 9.19. The summed E-state index contributed by atoms with van der Waals surface area (Å²) in [6.45, 7) is 8.27. The lowest BCUT2D eigenvalue weighted by Crippen LogP contribution is -2.64. The second-order valence-electron chi connectivity index (χ2n) is 13.6. The minimum atomic E-state index is -1.42. The second kappa shape index (κ2) is 18.2. The lowest BCUT2D eigenvalue weighted by atomic mass is 9.55. The molecule has 4 atom stereocenters. The van der Waals surface area contributed by atoms with Crippen molar-refractivity contribution in [3.05, 3.63) is 120 Å². The van der Waals surface area contributed by atoms with E-state index < -0.39 is 53.5 Å². The van der Waals surface area contributed by atoms with Gasteiger partial charge in [0.2, 0.25) is 11.8 Å². The van der Waals surface area contributed by atoms with E-state index in [4.69, 9.17) is 14.2 Å². The molecule has 53 heavy (non-hydrogen) atoms. The molecule has 4 aromatic carbocycles. The number of carbonyl (C=O) groups is 4. The molecule has 0 aliphatic heterocycles. The molecule has 4 unspecified atom stereocenters. The maximum Gasteiger partial charge on any atom is 0.310 e. The largest absolute Gasteiger partial charge is 0.481 e. The minimum Gasteiger partial charge on any atom is -0.481 e. The van der Waals surface area contributed by atoms with E-state index in [0.29, 0.717) is 48.9 Å². The highest BCUT2D eigenvalue weighted by molar-refractivity contribution is 6.00. The molecule has 10 heteroatoms. The summed E-state index contributed by atoms with van der Waals surface area (Å²) in [5, 5.41) is 10.4. The van der Waals surface area contributed by atoms with Gasteiger partial charge in [-0.25, -0.2) is 0 Å². The smallest absolute Gasteiger partial charge is 0.310 e. The van der Waals surface area contributed by atoms with E-state index in [2.05, 4.69) is 0 Å². The SMILES string of the molecule is CCCN(Cc1ccc(Oc2ccccc2)cc1)C(=O)C1C(C(=O)O)C(C(=O)OC(C)C)C1C(=O)N(CCC)Cc1ccc(Oc2ccccc2)cc1. The first-order valence-electron chi connectivity index (χ1n) is 18.2. The predicted molar refractivity (Wildman–Crippen MR) is 200 cm³/mol. The predicted octanol–water partition coefficient (Wildman–Crippen LogP) is 7.96. The van der Waals surface area contributed by atoms with Gasteiger partial charge in [-0.3, -0.25) is 19.2 Å². The number of carboxylic acid groups (broad SMARTS) is 1. The molecule has 1 aliphatic rings. The molecule has 1 N–H and O–H groups in total. The molecule has 0 aromatic heterocycles. The molecule has 1 saturated carbocycles. The van der Waals surface area contributed by atoms with E-state index in [1.807, 2.05) is 123 Å². The highest BCUT2D eigenvalue weighted by Gasteiger charge is 2.65. The zero-order valence-electron chi connectivity index (χ0n) is 30.7. The highest BCUT2D eigenvalue weighted by atomic mass is 16.5. The number of benzene rings is 4. The Kier molecular flexibility index (Phi) is 13.3. The normalized spacial score (nSPS) is 17.7. The van der Waals surface area contributed by atoms with E-state index in [1.165, 1.54) is 0 Å². The van der Waals surface area contributed by atoms with Crippen LogP contribution < -0.4 is 9.47 Å². The average Bonchev–Trinajstić information content (AvgIpc) is 3.12. The van der Waals surface area contributed by atoms with Crippen molar-refractivity contribution in [1.82, 2.24) is 9.80 Å². The topological polar surface area (TPSA) is 123 Å². The Morgan fingerprint density at radius 2 is 0.943 bits per heavy atom. The van der Waals surface area contributed by atoms with Crippen LogP contribution >= 0.6 is 0 Å². The molecule has 4 aromatic rings. The Bertz CT molecular complexity index is 1810. The van der Waals surface area contributed by atoms with Crippen LogP contribution in [0.1, 0.15) is 51.7 Å². The number of aliphatic carboxylic acids is 1. The fourth-order valence-corrected chi connectivity index (χ4v) is 6.79. The van der Waals surface area contributed by atoms with Gasteiger partial charge in [0.05, 0.1) is 29.8 Å². The lowest BCUT2D eigenvalue weighted by Gasteiger charge is -2.49. The molecular formula is C43H48N2O8. The van der Waals surface area contributed by atoms with Crippen LogP contribution in [0.25, 0.3) is 0 Å². The van der Waals surface area contributed by atoms with Crippen LogP contribution in [0.4, 0.5) is 0 Å². The number of ether oxygens (including phenoxy) is 3. The molecule has 1 aliphatic carbocycles. The van der Waals surface area contributed by atoms with Gasteiger partial charge in [-0.15, -0.1) is 0 Å². The zero-order valence-corrected chi connectivity index (χ0v) is 30.7. The summed E-state index contributed by atoms with van der Waals surface area (Å²) in [4.78, 5) is 58.5. The van der Waals surface area contributed by atoms with Crippen LogP contribution in [0.2, 0.25) is 0 Å². The number of rotatable bonds is 17. The van der Waals surface area contributed by atoms with Crippen molar-refractivity contribution >= 4 is 23.8 Å². The van der Waals surface area contributed by atoms with Crippen LogP contribution in [-0.2, 0) is 37.0 Å². The molecule has 1 fully saturated rings. The summed E-state index contributed by atoms with van der Waals surface area (Å²) < 4.78 is 17.3. The van der Waals surface area contributed by atoms with Crippen molar-refractivity contribution < 1.29 is 38.5 Å². The van der Waals surface area contributed by atoms with Crippen LogP contribution in [0.3, 0.4) is 0 Å². The summed E-state index contributed by atoms with van der Waals surface area (Å²) in [6, 6.07) is 33.5. The monoisotopic (exact) mass is 720 g/mol. The Hall–Kier alpha value is -5.64. The Morgan fingerprint density at radius 3 is 1.30 bits per heavy atom. The second-order valence-corrected chi connectivity index (χ2v) is 13.6. The quantitative estimate of drug-likeness (QED) is 0.109. The molecule has 0 bridgehead atoms. The molecule has 0 spiro atoms. The van der Waals surface area contributed by atoms with Gasteiger partial charge in [-0.05, 0) is 86.3 Å². The number of para-hydroxylation sites is 2. The van der Waals surface area contributed by atoms with Crippen LogP contribution in [0.5, 0.6) is 23.0 Å². The van der Waals surface area contributed by atoms with Crippen molar-refractivity contribution in [1.29, 1.82) is 0 Å². The zero-order chi connectivity index (χ0) is 37.9. The average molecular weight is 721 g/mol. The van der Waals surface area contributed by atoms with Crippen molar-refractivity contribution in [3.8, 4) is 23.0 Å². The van der Waals surface area contributed by atoms with E-state index in [-0.39, 0.29) is 13.1 Å². The molecule has 5 rings (SSSR count). The molecule has 10 nitrogen and oxygen atoms in total. The first-order valence-corrected chi connectivity index (χ1v) is 18.2. The number of nitrogens with zero attached hydrogens (tertiary/aromatic N) is 2. The third-order valence-electron chi connectivity index (χ3n) is 9.19. The van der Waals surface area contributed by atoms with Gasteiger partial charge in [0.1, 0.15) is 23.0 Å². The summed E-state index contributed by atoms with van der Waals surface area (Å²) in [5.41, 5.74) is 1.63. The number of esters is 1. The fourth-order valence-electron chi connectivity index (χ4n) is 6.79. The molecule has 0 heterocycles. The van der Waals surface area contributed by atoms with Gasteiger partial charge in [0, 0.05) is 26.2 Å². The van der Waals surface area contributed by atoms with Crippen molar-refractivity contribution in [2.45, 2.75) is 59.7 Å². The molecule has 0 saturated heterocycles. The lowest BCUT2D eigenvalue weighted by molar-refractivity contribution is -0.192. The van der Waals surface area contributed by atoms with Crippen LogP contribution in [0.15, 0.2) is 109 Å². The van der Waals surface area contributed by atoms with Gasteiger partial charge in [0.25, 0.3) is 0 Å². The Labute approximate surface area is 311 Å². The van der Waals surface area contributed by atoms with Crippen molar-refractivity contribution in [2.24, 2.45) is 23.7 Å². The van der Waals surface area contributed by atoms with E-state index in [1.54, 1.807) is 23.6 Å². The summed E-state index contributed by atoms with van der Waals surface area (Å²) in [7, 11) is 0. The molecule has 278 valence electrons. The summed E-state index contributed by atoms with van der Waals surface area (Å²) >= 11 is 0. The van der Waals surface area contributed by atoms with Gasteiger partial charge in [0.15, 0.2) is 0 Å². The minimum absolute atomic E-state index is 0.194. The van der Waals surface area contributed by atoms with E-state index >= 15 is 0 Å². The fraction of sp³-hybridized carbons (Fsp3) is 0.349. The standard InChI is InChI=1S/C43H48N2O8/c1-5-25-44(27-30-17-21-34(22-18-30)52-32-13-9-7-10-14-32)40(46)36-37(39(38(36)42(48)49)43(50)51-29(3)4)41(47)45(26-6-2)28-31-19-23-35(24-20-31)53-33-15-11-8-12-16-33/h7-24,29,36-39H,5-6,25-28H2,1-4H3,(H,48,49). The number of hydrogen-bond donors (Lipinski definition) is 1. The van der Waals surface area contributed by atoms with E-state index in [0.717, 1.165) is 11.1 Å². The first-order chi connectivity index (χ1) is 25.6. The van der Waals surface area contributed by atoms with Gasteiger partial charge >= 0.3 is 11.9 Å². The third kappa shape index (κ3) is 9.83. The molecular weight excluding hydrogens is 672 g/mol. The van der Waals surface area contributed by atoms with Gasteiger partial charge < -0.3 is 29.1 Å². The Morgan fingerprint density at radius 1 is 0.566 bits per heavy atom. The first kappa shape index (κ1) is 38.6. The van der Waals surface area contributed by atoms with Crippen molar-refractivity contribution in [2.75, 3.05) is 13.1 Å². The summed E-state index contributed by atoms with van der Waals surface area (Å²) in [5.74, 6) is -5.55. The maximum absolute atomic E-state index is 14.6. The molecule has 0 radical (unpaired) electrons. The number of amides is 2. The highest BCUT2D eigenvalue weighted by Crippen LogP contribution is 2.49. The Balaban J connectivity index is 1.39. The van der Waals surface area contributed by atoms with Gasteiger partial charge in [-0.2, -0.15) is 0 Å². The summed E-state index contributed by atoms with van der Waals surface area (Å²) in [6.07, 6.45) is 0.687. The number of hydrogen-bond acceptors (Lipinski definition) is 7. The number of carboxylic acids is 1. The van der Waals surface area contributed by atoms with Crippen LogP contribution in [-0.4, -0.2) is 57.9 Å². The van der Waals surface area contributed by atoms with Crippen molar-refractivity contribution in [3.63, 3.8) is 0 Å². The van der Waals surface area contributed by atoms with E-state index in [9.17, 15) is 24.3 Å². The maximum atomic E-state index is 14.6. The number of carbonyl (C=O) groups excluding carboxylic acids is 3. The van der Waals surface area contributed by atoms with Gasteiger partial charge in [-0.1, -0.05) is 74.5 Å².